The van der Waals surface area contributed by atoms with Crippen LogP contribution in [0.1, 0.15) is 69.4 Å². The number of aryl methyl sites for hydroxylation is 1. The topological polar surface area (TPSA) is 21.7 Å². The molecule has 2 aromatic carbocycles. The van der Waals surface area contributed by atoms with Crippen LogP contribution < -0.4 is 4.74 Å². The maximum absolute atomic E-state index is 6.44. The average molecular weight is 434 g/mol. The van der Waals surface area contributed by atoms with E-state index in [1.807, 2.05) is 0 Å². The van der Waals surface area contributed by atoms with Gasteiger partial charge in [-0.3, -0.25) is 4.90 Å². The molecule has 3 heteroatoms. The molecular weight excluding hydrogens is 394 g/mol. The molecule has 1 saturated carbocycles. The van der Waals surface area contributed by atoms with Crippen molar-refractivity contribution >= 4 is 10.8 Å². The molecule has 0 amide bonds. The molecule has 0 N–H and O–H groups in total. The van der Waals surface area contributed by atoms with Gasteiger partial charge in [0, 0.05) is 24.5 Å². The predicted molar refractivity (Wildman–Crippen MR) is 132 cm³/mol. The summed E-state index contributed by atoms with van der Waals surface area (Å²) in [5, 5.41) is 2.66. The maximum Gasteiger partial charge on any atom is 0.123 e. The Morgan fingerprint density at radius 2 is 1.72 bits per heavy atom. The molecule has 2 heterocycles. The van der Waals surface area contributed by atoms with Gasteiger partial charge < -0.3 is 9.47 Å². The van der Waals surface area contributed by atoms with Crippen molar-refractivity contribution in [3.05, 3.63) is 53.8 Å². The third kappa shape index (κ3) is 4.29. The Morgan fingerprint density at radius 1 is 1.00 bits per heavy atom. The molecule has 0 radical (unpaired) electrons. The number of ether oxygens (including phenoxy) is 2. The largest absolute Gasteiger partial charge is 0.501 e. The highest BCUT2D eigenvalue weighted by Gasteiger charge is 2.41. The summed E-state index contributed by atoms with van der Waals surface area (Å²) in [6.45, 7) is 9.77. The van der Waals surface area contributed by atoms with E-state index < -0.39 is 0 Å². The summed E-state index contributed by atoms with van der Waals surface area (Å²) in [7, 11) is 1.76. The van der Waals surface area contributed by atoms with Gasteiger partial charge in [-0.05, 0) is 98.2 Å². The fraction of sp³-hybridized carbons (Fsp3) is 0.586. The number of allylic oxidation sites excluding steroid dienone is 1. The highest BCUT2D eigenvalue weighted by Crippen LogP contribution is 2.42. The van der Waals surface area contributed by atoms with E-state index in [-0.39, 0.29) is 0 Å². The molecule has 0 spiro atoms. The number of methoxy groups -OCH3 is 1. The van der Waals surface area contributed by atoms with Gasteiger partial charge >= 0.3 is 0 Å². The molecule has 5 rings (SSSR count). The van der Waals surface area contributed by atoms with E-state index in [0.717, 1.165) is 24.0 Å². The van der Waals surface area contributed by atoms with Crippen LogP contribution in [0.15, 0.2) is 42.7 Å². The lowest BCUT2D eigenvalue weighted by atomic mass is 9.89. The number of benzene rings is 2. The van der Waals surface area contributed by atoms with E-state index in [2.05, 4.69) is 55.7 Å². The minimum Gasteiger partial charge on any atom is -0.501 e. The summed E-state index contributed by atoms with van der Waals surface area (Å²) in [5.41, 5.74) is 2.71. The van der Waals surface area contributed by atoms with Gasteiger partial charge in [-0.25, -0.2) is 0 Å². The minimum absolute atomic E-state index is 0.384. The SMILES string of the molecule is C=C(OC)C1CC2CCC(C1)N2Cc1ccc2c(C)c(OC3CCC(C)CC3)ccc2c1. The zero-order chi connectivity index (χ0) is 22.2. The van der Waals surface area contributed by atoms with Crippen molar-refractivity contribution in [2.45, 2.75) is 89.9 Å². The molecule has 172 valence electrons. The highest BCUT2D eigenvalue weighted by molar-refractivity contribution is 5.88. The Bertz CT molecular complexity index is 961. The van der Waals surface area contributed by atoms with Gasteiger partial charge in [-0.2, -0.15) is 0 Å². The average Bonchev–Trinajstić information content (AvgIpc) is 3.03. The molecule has 3 fully saturated rings. The number of hydrogen-bond donors (Lipinski definition) is 0. The first kappa shape index (κ1) is 21.8. The van der Waals surface area contributed by atoms with Gasteiger partial charge in [0.1, 0.15) is 5.75 Å². The van der Waals surface area contributed by atoms with Crippen LogP contribution in [0.4, 0.5) is 0 Å². The summed E-state index contributed by atoms with van der Waals surface area (Å²) >= 11 is 0. The monoisotopic (exact) mass is 433 g/mol. The Morgan fingerprint density at radius 3 is 2.41 bits per heavy atom. The minimum atomic E-state index is 0.384. The Balaban J connectivity index is 1.29. The van der Waals surface area contributed by atoms with Crippen LogP contribution in [-0.2, 0) is 11.3 Å². The number of fused-ring (bicyclic) bond motifs is 3. The van der Waals surface area contributed by atoms with Crippen molar-refractivity contribution in [3.63, 3.8) is 0 Å². The van der Waals surface area contributed by atoms with Gasteiger partial charge in [0.25, 0.3) is 0 Å². The van der Waals surface area contributed by atoms with Crippen molar-refractivity contribution in [1.29, 1.82) is 0 Å². The van der Waals surface area contributed by atoms with Gasteiger partial charge in [0.05, 0.1) is 19.0 Å². The molecule has 2 unspecified atom stereocenters. The number of rotatable bonds is 6. The molecule has 2 atom stereocenters. The van der Waals surface area contributed by atoms with E-state index >= 15 is 0 Å². The third-order valence-corrected chi connectivity index (χ3v) is 8.53. The summed E-state index contributed by atoms with van der Waals surface area (Å²) < 4.78 is 11.9. The number of hydrogen-bond acceptors (Lipinski definition) is 3. The van der Waals surface area contributed by atoms with Crippen molar-refractivity contribution < 1.29 is 9.47 Å². The second-order valence-electron chi connectivity index (χ2n) is 10.6. The smallest absolute Gasteiger partial charge is 0.123 e. The van der Waals surface area contributed by atoms with E-state index in [4.69, 9.17) is 9.47 Å². The maximum atomic E-state index is 6.44. The van der Waals surface area contributed by atoms with Crippen LogP contribution in [-0.4, -0.2) is 30.2 Å². The molecule has 2 aromatic rings. The molecule has 3 aliphatic rings. The van der Waals surface area contributed by atoms with E-state index in [1.54, 1.807) is 7.11 Å². The molecule has 3 nitrogen and oxygen atoms in total. The molecule has 2 bridgehead atoms. The molecule has 32 heavy (non-hydrogen) atoms. The number of piperidine rings is 1. The lowest BCUT2D eigenvalue weighted by Gasteiger charge is -2.39. The lowest BCUT2D eigenvalue weighted by molar-refractivity contribution is 0.0854. The summed E-state index contributed by atoms with van der Waals surface area (Å²) in [6, 6.07) is 12.8. The third-order valence-electron chi connectivity index (χ3n) is 8.53. The molecule has 1 aliphatic carbocycles. The van der Waals surface area contributed by atoms with Crippen LogP contribution in [0.2, 0.25) is 0 Å². The quantitative estimate of drug-likeness (QED) is 0.457. The Labute approximate surface area is 193 Å². The van der Waals surface area contributed by atoms with Crippen molar-refractivity contribution in [3.8, 4) is 5.75 Å². The summed E-state index contributed by atoms with van der Waals surface area (Å²) in [5.74, 6) is 3.43. The van der Waals surface area contributed by atoms with Crippen molar-refractivity contribution in [2.24, 2.45) is 11.8 Å². The van der Waals surface area contributed by atoms with Crippen LogP contribution in [0.25, 0.3) is 10.8 Å². The van der Waals surface area contributed by atoms with Gasteiger partial charge in [-0.15, -0.1) is 0 Å². The number of nitrogens with zero attached hydrogens (tertiary/aromatic N) is 1. The van der Waals surface area contributed by atoms with Crippen LogP contribution in [0.3, 0.4) is 0 Å². The van der Waals surface area contributed by atoms with Gasteiger partial charge in [0.15, 0.2) is 0 Å². The van der Waals surface area contributed by atoms with E-state index in [1.165, 1.54) is 73.3 Å². The summed E-state index contributed by atoms with van der Waals surface area (Å²) in [6.07, 6.45) is 10.3. The normalized spacial score (nSPS) is 30.4. The fourth-order valence-corrected chi connectivity index (χ4v) is 6.44. The van der Waals surface area contributed by atoms with E-state index in [9.17, 15) is 0 Å². The van der Waals surface area contributed by atoms with E-state index in [0.29, 0.717) is 24.1 Å². The first-order chi connectivity index (χ1) is 15.5. The highest BCUT2D eigenvalue weighted by atomic mass is 16.5. The first-order valence-corrected chi connectivity index (χ1v) is 12.7. The predicted octanol–water partition coefficient (Wildman–Crippen LogP) is 7.01. The molecule has 0 aromatic heterocycles. The Kier molecular flexibility index (Phi) is 6.20. The standard InChI is InChI=1S/C29H39NO2/c1-19-5-11-27(12-6-19)32-29-14-8-23-15-22(7-13-28(23)20(29)2)18-30-25-9-10-26(30)17-24(16-25)21(3)31-4/h7-8,13-15,19,24-27H,3,5-6,9-12,16-18H2,1-2,4H3. The van der Waals surface area contributed by atoms with Crippen molar-refractivity contribution in [2.75, 3.05) is 7.11 Å². The second-order valence-corrected chi connectivity index (χ2v) is 10.6. The second kappa shape index (κ2) is 9.09. The van der Waals surface area contributed by atoms with Gasteiger partial charge in [0.2, 0.25) is 0 Å². The zero-order valence-corrected chi connectivity index (χ0v) is 20.1. The fourth-order valence-electron chi connectivity index (χ4n) is 6.44. The molecular formula is C29H39NO2. The van der Waals surface area contributed by atoms with Crippen LogP contribution >= 0.6 is 0 Å². The van der Waals surface area contributed by atoms with Gasteiger partial charge in [-0.1, -0.05) is 31.7 Å². The molecule has 2 aliphatic heterocycles. The zero-order valence-electron chi connectivity index (χ0n) is 20.1. The lowest BCUT2D eigenvalue weighted by Crippen LogP contribution is -2.42. The van der Waals surface area contributed by atoms with Crippen LogP contribution in [0, 0.1) is 18.8 Å². The molecule has 2 saturated heterocycles. The first-order valence-electron chi connectivity index (χ1n) is 12.7. The Hall–Kier alpha value is -2.00. The van der Waals surface area contributed by atoms with Crippen LogP contribution in [0.5, 0.6) is 5.75 Å². The van der Waals surface area contributed by atoms with Crippen molar-refractivity contribution in [1.82, 2.24) is 4.90 Å². The summed E-state index contributed by atoms with van der Waals surface area (Å²) in [4.78, 5) is 2.75.